The van der Waals surface area contributed by atoms with Crippen molar-refractivity contribution in [2.75, 3.05) is 0 Å². The summed E-state index contributed by atoms with van der Waals surface area (Å²) >= 11 is 0. The fraction of sp³-hybridized carbons (Fsp3) is 1.00. The van der Waals surface area contributed by atoms with Crippen LogP contribution < -0.4 is 0 Å². The van der Waals surface area contributed by atoms with Crippen LogP contribution in [0.1, 0.15) is 40.5 Å². The van der Waals surface area contributed by atoms with Gasteiger partial charge in [-0.2, -0.15) is 0 Å². The second-order valence-corrected chi connectivity index (χ2v) is 6.26. The molecule has 0 radical (unpaired) electrons. The summed E-state index contributed by atoms with van der Waals surface area (Å²) in [7, 11) is 1.25. The SMILES string of the molecule is CC(C)[C@H]1CC[C@H](C(C)C)P1. The highest BCUT2D eigenvalue weighted by molar-refractivity contribution is 7.40. The van der Waals surface area contributed by atoms with Crippen LogP contribution >= 0.6 is 8.58 Å². The smallest absolute Gasteiger partial charge is 0.0211 e. The van der Waals surface area contributed by atoms with E-state index in [9.17, 15) is 0 Å². The molecule has 1 aliphatic heterocycles. The highest BCUT2D eigenvalue weighted by atomic mass is 31.1. The van der Waals surface area contributed by atoms with Crippen LogP contribution in [0.3, 0.4) is 0 Å². The molecular weight excluding hydrogens is 151 g/mol. The first-order valence-electron chi connectivity index (χ1n) is 4.87. The molecule has 0 saturated carbocycles. The lowest BCUT2D eigenvalue weighted by molar-refractivity contribution is 0.543. The molecule has 0 unspecified atom stereocenters. The summed E-state index contributed by atoms with van der Waals surface area (Å²) < 4.78 is 0. The summed E-state index contributed by atoms with van der Waals surface area (Å²) in [5, 5.41) is 0. The Morgan fingerprint density at radius 3 is 1.45 bits per heavy atom. The molecule has 0 nitrogen and oxygen atoms in total. The molecule has 1 fully saturated rings. The van der Waals surface area contributed by atoms with E-state index in [1.807, 2.05) is 0 Å². The Morgan fingerprint density at radius 1 is 0.909 bits per heavy atom. The van der Waals surface area contributed by atoms with Crippen LogP contribution in [0.2, 0.25) is 0 Å². The maximum absolute atomic E-state index is 2.38. The molecule has 0 spiro atoms. The predicted octanol–water partition coefficient (Wildman–Crippen LogP) is 3.51. The van der Waals surface area contributed by atoms with Crippen molar-refractivity contribution in [1.82, 2.24) is 0 Å². The summed E-state index contributed by atoms with van der Waals surface area (Å²) in [6.45, 7) is 9.50. The fourth-order valence-electron chi connectivity index (χ4n) is 1.85. The second-order valence-electron chi connectivity index (χ2n) is 4.45. The van der Waals surface area contributed by atoms with Gasteiger partial charge in [0.25, 0.3) is 0 Å². The van der Waals surface area contributed by atoms with Crippen molar-refractivity contribution >= 4 is 8.58 Å². The number of rotatable bonds is 2. The van der Waals surface area contributed by atoms with Crippen LogP contribution in [0.25, 0.3) is 0 Å². The first-order valence-corrected chi connectivity index (χ1v) is 6.02. The molecule has 0 amide bonds. The van der Waals surface area contributed by atoms with E-state index in [1.165, 1.54) is 21.4 Å². The molecule has 1 heterocycles. The molecule has 1 heteroatoms. The molecule has 1 aliphatic rings. The molecule has 0 aromatic heterocycles. The molecule has 1 rings (SSSR count). The van der Waals surface area contributed by atoms with Gasteiger partial charge in [0, 0.05) is 0 Å². The van der Waals surface area contributed by atoms with Gasteiger partial charge in [-0.05, 0) is 36.0 Å². The van der Waals surface area contributed by atoms with E-state index in [0.29, 0.717) is 0 Å². The third-order valence-electron chi connectivity index (χ3n) is 2.83. The van der Waals surface area contributed by atoms with Gasteiger partial charge in [0.15, 0.2) is 0 Å². The Kier molecular flexibility index (Phi) is 3.37. The van der Waals surface area contributed by atoms with Crippen LogP contribution in [-0.2, 0) is 0 Å². The van der Waals surface area contributed by atoms with E-state index < -0.39 is 0 Å². The van der Waals surface area contributed by atoms with Crippen molar-refractivity contribution in [3.8, 4) is 0 Å². The van der Waals surface area contributed by atoms with Crippen molar-refractivity contribution < 1.29 is 0 Å². The summed E-state index contributed by atoms with van der Waals surface area (Å²) in [5.41, 5.74) is 2.12. The van der Waals surface area contributed by atoms with Crippen LogP contribution in [-0.4, -0.2) is 11.3 Å². The van der Waals surface area contributed by atoms with Crippen LogP contribution in [0.4, 0.5) is 0 Å². The quantitative estimate of drug-likeness (QED) is 0.559. The Bertz CT molecular complexity index is 104. The topological polar surface area (TPSA) is 0 Å². The van der Waals surface area contributed by atoms with Crippen LogP contribution in [0.15, 0.2) is 0 Å². The zero-order valence-corrected chi connectivity index (χ0v) is 9.22. The summed E-state index contributed by atoms with van der Waals surface area (Å²) in [6, 6.07) is 0. The standard InChI is InChI=1S/C10H21P/c1-7(2)9-5-6-10(11-9)8(3)4/h7-11H,5-6H2,1-4H3/t9-,10-/m1/s1. The van der Waals surface area contributed by atoms with Gasteiger partial charge in [-0.15, -0.1) is 8.58 Å². The molecule has 0 N–H and O–H groups in total. The van der Waals surface area contributed by atoms with E-state index >= 15 is 0 Å². The zero-order valence-electron chi connectivity index (χ0n) is 8.22. The zero-order chi connectivity index (χ0) is 8.43. The molecule has 0 bridgehead atoms. The molecule has 0 aromatic rings. The molecule has 2 atom stereocenters. The van der Waals surface area contributed by atoms with Crippen molar-refractivity contribution in [3.63, 3.8) is 0 Å². The lowest BCUT2D eigenvalue weighted by Crippen LogP contribution is -2.06. The van der Waals surface area contributed by atoms with Crippen molar-refractivity contribution in [3.05, 3.63) is 0 Å². The Morgan fingerprint density at radius 2 is 1.27 bits per heavy atom. The molecular formula is C10H21P. The first kappa shape index (κ1) is 9.52. The highest BCUT2D eigenvalue weighted by Gasteiger charge is 2.27. The lowest BCUT2D eigenvalue weighted by atomic mass is 10.0. The number of hydrogen-bond donors (Lipinski definition) is 0. The van der Waals surface area contributed by atoms with Gasteiger partial charge < -0.3 is 0 Å². The van der Waals surface area contributed by atoms with Gasteiger partial charge in [-0.25, -0.2) is 0 Å². The van der Waals surface area contributed by atoms with Gasteiger partial charge in [0.2, 0.25) is 0 Å². The van der Waals surface area contributed by atoms with E-state index in [0.717, 1.165) is 23.2 Å². The maximum Gasteiger partial charge on any atom is -0.0211 e. The fourth-order valence-corrected chi connectivity index (χ4v) is 3.84. The summed E-state index contributed by atoms with van der Waals surface area (Å²) in [6.07, 6.45) is 3.00. The van der Waals surface area contributed by atoms with Gasteiger partial charge >= 0.3 is 0 Å². The Hall–Kier alpha value is 0.430. The van der Waals surface area contributed by atoms with Gasteiger partial charge in [-0.3, -0.25) is 0 Å². The molecule has 11 heavy (non-hydrogen) atoms. The summed E-state index contributed by atoms with van der Waals surface area (Å²) in [5.74, 6) is 1.86. The van der Waals surface area contributed by atoms with Crippen molar-refractivity contribution in [2.24, 2.45) is 11.8 Å². The Balaban J connectivity index is 2.35. The largest absolute Gasteiger partial charge is 0.115 e. The normalized spacial score (nSPS) is 32.2. The third kappa shape index (κ3) is 2.44. The molecule has 0 aliphatic carbocycles. The third-order valence-corrected chi connectivity index (χ3v) is 5.59. The molecule has 1 saturated heterocycles. The van der Waals surface area contributed by atoms with Gasteiger partial charge in [0.1, 0.15) is 0 Å². The molecule has 0 aromatic carbocycles. The van der Waals surface area contributed by atoms with E-state index in [-0.39, 0.29) is 0 Å². The number of hydrogen-bond acceptors (Lipinski definition) is 0. The lowest BCUT2D eigenvalue weighted by Gasteiger charge is -2.17. The monoisotopic (exact) mass is 172 g/mol. The minimum atomic E-state index is 0.928. The van der Waals surface area contributed by atoms with Crippen LogP contribution in [0.5, 0.6) is 0 Å². The average molecular weight is 172 g/mol. The second kappa shape index (κ2) is 3.90. The van der Waals surface area contributed by atoms with Crippen LogP contribution in [0, 0.1) is 11.8 Å². The highest BCUT2D eigenvalue weighted by Crippen LogP contribution is 2.46. The van der Waals surface area contributed by atoms with E-state index in [4.69, 9.17) is 0 Å². The molecule has 66 valence electrons. The summed E-state index contributed by atoms with van der Waals surface area (Å²) in [4.78, 5) is 0. The first-order chi connectivity index (χ1) is 5.11. The minimum absolute atomic E-state index is 0.928. The van der Waals surface area contributed by atoms with Crippen molar-refractivity contribution in [2.45, 2.75) is 51.9 Å². The predicted molar refractivity (Wildman–Crippen MR) is 54.8 cm³/mol. The van der Waals surface area contributed by atoms with Gasteiger partial charge in [-0.1, -0.05) is 27.7 Å². The van der Waals surface area contributed by atoms with E-state index in [1.54, 1.807) is 0 Å². The average Bonchev–Trinajstić information content (AvgIpc) is 2.33. The van der Waals surface area contributed by atoms with Crippen molar-refractivity contribution in [1.29, 1.82) is 0 Å². The Labute approximate surface area is 72.9 Å². The van der Waals surface area contributed by atoms with Gasteiger partial charge in [0.05, 0.1) is 0 Å². The maximum atomic E-state index is 2.38. The minimum Gasteiger partial charge on any atom is -0.115 e. The van der Waals surface area contributed by atoms with E-state index in [2.05, 4.69) is 27.7 Å².